The molecule has 0 aromatic carbocycles. The van der Waals surface area contributed by atoms with Crippen molar-refractivity contribution in [1.29, 1.82) is 0 Å². The summed E-state index contributed by atoms with van der Waals surface area (Å²) >= 11 is 0. The van der Waals surface area contributed by atoms with Crippen LogP contribution in [0.1, 0.15) is 7.43 Å². The quantitative estimate of drug-likeness (QED) is 0.323. The summed E-state index contributed by atoms with van der Waals surface area (Å²) in [7, 11) is 4.47. The zero-order valence-corrected chi connectivity index (χ0v) is 26.0. The molecule has 0 rings (SSSR count). The minimum atomic E-state index is -1.87. The summed E-state index contributed by atoms with van der Waals surface area (Å²) in [4.78, 5) is 0. The van der Waals surface area contributed by atoms with Gasteiger partial charge in [0.25, 0.3) is 0 Å². The second-order valence-corrected chi connectivity index (χ2v) is 21.2. The number of rotatable bonds is 10. The molecule has 0 aliphatic rings. The first-order valence-corrected chi connectivity index (χ1v) is 19.4. The summed E-state index contributed by atoms with van der Waals surface area (Å²) in [6.45, 7) is 16.3. The Morgan fingerprint density at radius 3 is 1.29 bits per heavy atom. The first-order chi connectivity index (χ1) is 11.8. The summed E-state index contributed by atoms with van der Waals surface area (Å²) in [6.07, 6.45) is 0. The Hall–Kier alpha value is 1.06. The molecule has 0 amide bonds. The van der Waals surface area contributed by atoms with Crippen molar-refractivity contribution in [2.45, 2.75) is 58.8 Å². The minimum absolute atomic E-state index is 0. The van der Waals surface area contributed by atoms with Gasteiger partial charge in [-0.3, -0.25) is 0 Å². The third-order valence-electron chi connectivity index (χ3n) is 4.28. The maximum absolute atomic E-state index is 5.47. The van der Waals surface area contributed by atoms with Gasteiger partial charge in [-0.15, -0.1) is 6.58 Å². The fourth-order valence-corrected chi connectivity index (χ4v) is 6.46. The van der Waals surface area contributed by atoms with Gasteiger partial charge >= 0.3 is 17.8 Å². The summed E-state index contributed by atoms with van der Waals surface area (Å²) in [6, 6.07) is 2.13. The monoisotopic (exact) mass is 655 g/mol. The number of hydrogen-bond acceptors (Lipinski definition) is 6. The van der Waals surface area contributed by atoms with Gasteiger partial charge in [-0.2, -0.15) is 0 Å². The molecule has 0 radical (unpaired) electrons. The molecule has 0 aromatic heterocycles. The van der Waals surface area contributed by atoms with Crippen molar-refractivity contribution in [2.24, 2.45) is 0 Å². The van der Waals surface area contributed by atoms with Gasteiger partial charge in [-0.05, 0) is 51.4 Å². The van der Waals surface area contributed by atoms with Crippen molar-refractivity contribution in [3.05, 3.63) is 12.3 Å². The topological polar surface area (TPSA) is 55.4 Å². The van der Waals surface area contributed by atoms with Gasteiger partial charge in [-0.25, -0.2) is 0 Å². The largest absolute Gasteiger partial charge is 0.420 e. The van der Waals surface area contributed by atoms with Crippen molar-refractivity contribution in [3.63, 3.8) is 0 Å². The van der Waals surface area contributed by atoms with Gasteiger partial charge in [0.2, 0.25) is 8.32 Å². The van der Waals surface area contributed by atoms with Crippen LogP contribution in [0.4, 0.5) is 0 Å². The summed E-state index contributed by atoms with van der Waals surface area (Å²) < 4.78 is 31.0. The van der Waals surface area contributed by atoms with E-state index in [2.05, 4.69) is 39.3 Å². The molecule has 0 N–H and O–H groups in total. The van der Waals surface area contributed by atoms with E-state index >= 15 is 0 Å². The molecule has 28 heavy (non-hydrogen) atoms. The van der Waals surface area contributed by atoms with Crippen molar-refractivity contribution in [2.75, 3.05) is 42.7 Å². The Morgan fingerprint density at radius 1 is 0.750 bits per heavy atom. The smallest absolute Gasteiger partial charge is 0.334 e. The Kier molecular flexibility index (Phi) is 30.1. The summed E-state index contributed by atoms with van der Waals surface area (Å²) in [5, 5.41) is 0. The van der Waals surface area contributed by atoms with Gasteiger partial charge in [0.15, 0.2) is 8.32 Å². The Balaban J connectivity index is -0.000000101. The normalized spacial score (nSPS) is 11.2. The van der Waals surface area contributed by atoms with E-state index in [1.165, 1.54) is 0 Å². The zero-order chi connectivity index (χ0) is 21.4. The molecule has 0 atom stereocenters. The van der Waals surface area contributed by atoms with Crippen LogP contribution in [-0.2, 0) is 47.6 Å². The number of hydrogen-bond donors (Lipinski definition) is 0. The third-order valence-corrected chi connectivity index (χ3v) is 13.6. The van der Waals surface area contributed by atoms with Crippen LogP contribution in [0.5, 0.6) is 0 Å². The molecule has 0 bridgehead atoms. The molecular weight excluding hydrogens is 608 g/mol. The molecule has 0 aromatic rings. The summed E-state index contributed by atoms with van der Waals surface area (Å²) in [5.74, 6) is 0. The second-order valence-electron chi connectivity index (χ2n) is 7.06. The van der Waals surface area contributed by atoms with E-state index in [9.17, 15) is 0 Å². The van der Waals surface area contributed by atoms with Gasteiger partial charge < -0.3 is 26.6 Å². The van der Waals surface area contributed by atoms with E-state index in [0.717, 1.165) is 12.1 Å². The van der Waals surface area contributed by atoms with Gasteiger partial charge in [0.1, 0.15) is 0 Å². The molecule has 0 heterocycles. The van der Waals surface area contributed by atoms with Crippen molar-refractivity contribution in [3.8, 4) is 0 Å². The van der Waals surface area contributed by atoms with E-state index in [4.69, 9.17) is 26.6 Å². The molecule has 0 fully saturated rings. The fraction of sp³-hybridized carbons (Fsp3) is 0.882. The first kappa shape index (κ1) is 39.5. The molecular formula is C17H48O6PtSi4. The maximum Gasteiger partial charge on any atom is 0.334 e. The van der Waals surface area contributed by atoms with Crippen LogP contribution < -0.4 is 0 Å². The van der Waals surface area contributed by atoms with Crippen molar-refractivity contribution < 1.29 is 47.6 Å². The van der Waals surface area contributed by atoms with Crippen LogP contribution in [0, 0.1) is 0 Å². The van der Waals surface area contributed by atoms with E-state index in [1.54, 1.807) is 42.7 Å². The second kappa shape index (κ2) is 21.3. The molecule has 11 heteroatoms. The standard InChI is InChI=1S/C8H22O3Si2.C5H12OSi.C3H10O2Si.CH4.Pt/c1-9-12(4,5)7-8-13(6,10-2)11-3;1-5-7(3,4)6-2;1-4-6(3)5-2;;/h7-8H2,1-6H3;5H,1H2,2-4H3;6H,1-3H3;1H4;. The predicted molar refractivity (Wildman–Crippen MR) is 128 cm³/mol. The van der Waals surface area contributed by atoms with Crippen LogP contribution in [0.2, 0.25) is 51.4 Å². The van der Waals surface area contributed by atoms with Crippen LogP contribution in [0.3, 0.4) is 0 Å². The molecule has 0 aliphatic heterocycles. The molecule has 6 nitrogen and oxygen atoms in total. The van der Waals surface area contributed by atoms with Gasteiger partial charge in [0, 0.05) is 63.7 Å². The average molecular weight is 656 g/mol. The SMILES string of the molecule is C.C=C[Si](C)(C)OC.CO[SiH](C)OC.CO[Si](C)(C)CC[Si](C)(OC)OC.[Pt]. The van der Waals surface area contributed by atoms with Crippen molar-refractivity contribution >= 4 is 34.5 Å². The minimum Gasteiger partial charge on any atom is -0.420 e. The first-order valence-electron chi connectivity index (χ1n) is 8.72. The van der Waals surface area contributed by atoms with E-state index in [0.29, 0.717) is 0 Å². The Labute approximate surface area is 195 Å². The average Bonchev–Trinajstić information content (AvgIpc) is 2.66. The van der Waals surface area contributed by atoms with Crippen molar-refractivity contribution in [1.82, 2.24) is 0 Å². The third kappa shape index (κ3) is 25.1. The molecule has 178 valence electrons. The van der Waals surface area contributed by atoms with Gasteiger partial charge in [-0.1, -0.05) is 13.1 Å². The van der Waals surface area contributed by atoms with Crippen LogP contribution >= 0.6 is 0 Å². The van der Waals surface area contributed by atoms with Gasteiger partial charge in [0.05, 0.1) is 0 Å². The molecule has 0 aliphatic carbocycles. The molecule has 0 saturated heterocycles. The van der Waals surface area contributed by atoms with E-state index in [1.807, 2.05) is 12.2 Å². The Morgan fingerprint density at radius 2 is 1.14 bits per heavy atom. The molecule has 0 saturated carbocycles. The zero-order valence-electron chi connectivity index (χ0n) is 19.5. The van der Waals surface area contributed by atoms with E-state index in [-0.39, 0.29) is 28.5 Å². The van der Waals surface area contributed by atoms with Crippen LogP contribution in [0.15, 0.2) is 12.3 Å². The van der Waals surface area contributed by atoms with Crippen LogP contribution in [0.25, 0.3) is 0 Å². The van der Waals surface area contributed by atoms with Crippen LogP contribution in [-0.4, -0.2) is 77.1 Å². The Bertz CT molecular complexity index is 342. The maximum atomic E-state index is 5.47. The fourth-order valence-electron chi connectivity index (χ4n) is 1.10. The molecule has 0 spiro atoms. The molecule has 0 unspecified atom stereocenters. The summed E-state index contributed by atoms with van der Waals surface area (Å²) in [5.41, 5.74) is 1.91. The predicted octanol–water partition coefficient (Wildman–Crippen LogP) is 4.53. The van der Waals surface area contributed by atoms with E-state index < -0.39 is 34.5 Å².